The van der Waals surface area contributed by atoms with Gasteiger partial charge >= 0.3 is 0 Å². The van der Waals surface area contributed by atoms with Crippen molar-refractivity contribution in [2.45, 2.75) is 77.8 Å². The Bertz CT molecular complexity index is 310. The molecule has 0 aromatic heterocycles. The molecule has 1 saturated heterocycles. The standard InChI is InChI=1S/C17H32N2O/c1-4-14-9-10-18-16(11-14)17(20)19(12-13(2)3)15-7-5-6-8-15/h13-16,18H,4-12H2,1-3H3. The predicted molar refractivity (Wildman–Crippen MR) is 83.6 cm³/mol. The van der Waals surface area contributed by atoms with E-state index in [9.17, 15) is 4.79 Å². The number of nitrogens with zero attached hydrogens (tertiary/aromatic N) is 1. The second kappa shape index (κ2) is 7.44. The van der Waals surface area contributed by atoms with Crippen LogP contribution >= 0.6 is 0 Å². The molecule has 0 radical (unpaired) electrons. The maximum atomic E-state index is 12.9. The van der Waals surface area contributed by atoms with Gasteiger partial charge in [-0.05, 0) is 44.1 Å². The van der Waals surface area contributed by atoms with Crippen molar-refractivity contribution in [3.8, 4) is 0 Å². The molecule has 1 heterocycles. The summed E-state index contributed by atoms with van der Waals surface area (Å²) in [7, 11) is 0. The highest BCUT2D eigenvalue weighted by Crippen LogP contribution is 2.27. The SMILES string of the molecule is CCC1CCNC(C(=O)N(CC(C)C)C2CCCC2)C1. The highest BCUT2D eigenvalue weighted by molar-refractivity contribution is 5.82. The molecule has 2 unspecified atom stereocenters. The Labute approximate surface area is 124 Å². The zero-order valence-corrected chi connectivity index (χ0v) is 13.5. The van der Waals surface area contributed by atoms with Crippen LogP contribution in [0.2, 0.25) is 0 Å². The van der Waals surface area contributed by atoms with E-state index in [1.165, 1.54) is 38.5 Å². The zero-order chi connectivity index (χ0) is 14.5. The zero-order valence-electron chi connectivity index (χ0n) is 13.5. The van der Waals surface area contributed by atoms with Crippen LogP contribution in [0.25, 0.3) is 0 Å². The first-order valence-corrected chi connectivity index (χ1v) is 8.65. The number of piperidine rings is 1. The summed E-state index contributed by atoms with van der Waals surface area (Å²) in [5.41, 5.74) is 0. The summed E-state index contributed by atoms with van der Waals surface area (Å²) in [6, 6.07) is 0.585. The summed E-state index contributed by atoms with van der Waals surface area (Å²) in [6.45, 7) is 8.63. The number of hydrogen-bond acceptors (Lipinski definition) is 2. The van der Waals surface area contributed by atoms with E-state index in [4.69, 9.17) is 0 Å². The van der Waals surface area contributed by atoms with Gasteiger partial charge in [-0.2, -0.15) is 0 Å². The third kappa shape index (κ3) is 3.97. The van der Waals surface area contributed by atoms with Gasteiger partial charge in [-0.15, -0.1) is 0 Å². The Hall–Kier alpha value is -0.570. The van der Waals surface area contributed by atoms with Crippen LogP contribution in [0.3, 0.4) is 0 Å². The molecule has 1 aliphatic heterocycles. The first-order chi connectivity index (χ1) is 9.61. The number of amides is 1. The molecule has 2 aliphatic rings. The van der Waals surface area contributed by atoms with Gasteiger partial charge in [0.1, 0.15) is 0 Å². The van der Waals surface area contributed by atoms with Crippen LogP contribution < -0.4 is 5.32 Å². The molecule has 0 aromatic carbocycles. The third-order valence-electron chi connectivity index (χ3n) is 5.00. The van der Waals surface area contributed by atoms with Gasteiger partial charge in [-0.3, -0.25) is 4.79 Å². The molecule has 0 aromatic rings. The van der Waals surface area contributed by atoms with Crippen LogP contribution in [-0.4, -0.2) is 36.0 Å². The highest BCUT2D eigenvalue weighted by atomic mass is 16.2. The second-order valence-electron chi connectivity index (χ2n) is 7.13. The van der Waals surface area contributed by atoms with E-state index in [0.29, 0.717) is 17.9 Å². The minimum absolute atomic E-state index is 0.0769. The van der Waals surface area contributed by atoms with E-state index in [0.717, 1.165) is 25.4 Å². The molecule has 2 fully saturated rings. The largest absolute Gasteiger partial charge is 0.338 e. The molecule has 1 N–H and O–H groups in total. The van der Waals surface area contributed by atoms with Gasteiger partial charge in [-0.25, -0.2) is 0 Å². The molecule has 3 nitrogen and oxygen atoms in total. The fraction of sp³-hybridized carbons (Fsp3) is 0.941. The minimum Gasteiger partial charge on any atom is -0.338 e. The lowest BCUT2D eigenvalue weighted by atomic mass is 9.89. The lowest BCUT2D eigenvalue weighted by Gasteiger charge is -2.37. The van der Waals surface area contributed by atoms with Crippen LogP contribution in [-0.2, 0) is 4.79 Å². The number of hydrogen-bond donors (Lipinski definition) is 1. The summed E-state index contributed by atoms with van der Waals surface area (Å²) in [5, 5.41) is 3.47. The molecule has 2 atom stereocenters. The molecular weight excluding hydrogens is 248 g/mol. The molecule has 116 valence electrons. The summed E-state index contributed by atoms with van der Waals surface area (Å²) in [5.74, 6) is 1.67. The summed E-state index contributed by atoms with van der Waals surface area (Å²) >= 11 is 0. The highest BCUT2D eigenvalue weighted by Gasteiger charge is 2.33. The van der Waals surface area contributed by atoms with Gasteiger partial charge in [0.15, 0.2) is 0 Å². The Morgan fingerprint density at radius 2 is 1.95 bits per heavy atom. The Kier molecular flexibility index (Phi) is 5.88. The van der Waals surface area contributed by atoms with Crippen molar-refractivity contribution in [1.29, 1.82) is 0 Å². The molecule has 2 rings (SSSR count). The van der Waals surface area contributed by atoms with Gasteiger partial charge in [0.2, 0.25) is 5.91 Å². The van der Waals surface area contributed by atoms with E-state index < -0.39 is 0 Å². The lowest BCUT2D eigenvalue weighted by molar-refractivity contribution is -0.137. The van der Waals surface area contributed by atoms with Gasteiger partial charge in [0.05, 0.1) is 6.04 Å². The van der Waals surface area contributed by atoms with Crippen molar-refractivity contribution in [3.05, 3.63) is 0 Å². The molecule has 0 spiro atoms. The molecule has 1 aliphatic carbocycles. The number of nitrogens with one attached hydrogen (secondary N) is 1. The maximum absolute atomic E-state index is 12.9. The lowest BCUT2D eigenvalue weighted by Crippen LogP contribution is -2.53. The molecule has 3 heteroatoms. The smallest absolute Gasteiger partial charge is 0.239 e. The van der Waals surface area contributed by atoms with E-state index in [2.05, 4.69) is 31.0 Å². The van der Waals surface area contributed by atoms with Crippen LogP contribution in [0.4, 0.5) is 0 Å². The summed E-state index contributed by atoms with van der Waals surface area (Å²) in [6.07, 6.45) is 8.48. The predicted octanol–water partition coefficient (Wildman–Crippen LogP) is 3.19. The van der Waals surface area contributed by atoms with Crippen LogP contribution in [0.5, 0.6) is 0 Å². The topological polar surface area (TPSA) is 32.3 Å². The quantitative estimate of drug-likeness (QED) is 0.839. The fourth-order valence-electron chi connectivity index (χ4n) is 3.78. The van der Waals surface area contributed by atoms with E-state index in [1.54, 1.807) is 0 Å². The van der Waals surface area contributed by atoms with E-state index >= 15 is 0 Å². The molecular formula is C17H32N2O. The normalized spacial score (nSPS) is 28.0. The summed E-state index contributed by atoms with van der Waals surface area (Å²) in [4.78, 5) is 15.2. The van der Waals surface area contributed by atoms with Gasteiger partial charge in [-0.1, -0.05) is 40.0 Å². The van der Waals surface area contributed by atoms with Crippen molar-refractivity contribution in [2.24, 2.45) is 11.8 Å². The number of carbonyl (C=O) groups excluding carboxylic acids is 1. The average Bonchev–Trinajstić information content (AvgIpc) is 2.98. The van der Waals surface area contributed by atoms with Gasteiger partial charge in [0.25, 0.3) is 0 Å². The van der Waals surface area contributed by atoms with E-state index in [-0.39, 0.29) is 6.04 Å². The minimum atomic E-state index is 0.0769. The number of carbonyl (C=O) groups is 1. The van der Waals surface area contributed by atoms with Gasteiger partial charge < -0.3 is 10.2 Å². The average molecular weight is 280 g/mol. The molecule has 20 heavy (non-hydrogen) atoms. The molecule has 0 bridgehead atoms. The monoisotopic (exact) mass is 280 g/mol. The second-order valence-corrected chi connectivity index (χ2v) is 7.13. The van der Waals surface area contributed by atoms with E-state index in [1.807, 2.05) is 0 Å². The Morgan fingerprint density at radius 1 is 1.25 bits per heavy atom. The van der Waals surface area contributed by atoms with Crippen molar-refractivity contribution in [3.63, 3.8) is 0 Å². The van der Waals surface area contributed by atoms with Crippen LogP contribution in [0.15, 0.2) is 0 Å². The van der Waals surface area contributed by atoms with Crippen molar-refractivity contribution in [2.75, 3.05) is 13.1 Å². The fourth-order valence-corrected chi connectivity index (χ4v) is 3.78. The maximum Gasteiger partial charge on any atom is 0.239 e. The van der Waals surface area contributed by atoms with Crippen molar-refractivity contribution < 1.29 is 4.79 Å². The van der Waals surface area contributed by atoms with Crippen LogP contribution in [0.1, 0.15) is 65.7 Å². The van der Waals surface area contributed by atoms with Gasteiger partial charge in [0, 0.05) is 12.6 Å². The summed E-state index contributed by atoms with van der Waals surface area (Å²) < 4.78 is 0. The van der Waals surface area contributed by atoms with Crippen LogP contribution in [0, 0.1) is 11.8 Å². The molecule has 1 amide bonds. The first kappa shape index (κ1) is 15.8. The first-order valence-electron chi connectivity index (χ1n) is 8.65. The third-order valence-corrected chi connectivity index (χ3v) is 5.00. The molecule has 1 saturated carbocycles. The Balaban J connectivity index is 2.01. The number of rotatable bonds is 5. The Morgan fingerprint density at radius 3 is 2.55 bits per heavy atom. The van der Waals surface area contributed by atoms with Crippen molar-refractivity contribution >= 4 is 5.91 Å². The van der Waals surface area contributed by atoms with Crippen molar-refractivity contribution in [1.82, 2.24) is 10.2 Å².